The number of hydrogen-bond donors (Lipinski definition) is 2. The standard InChI is InChI=1S/C26H28F3N5O2/c1-15(2)34-9-10-36-25-20(28)11-16(12-23(25)34)24-21(29)14-30-26(32-24)31-17-3-4-22(19(27)13-17)33-7-5-18(35)6-8-33/h3-4,11-15,18,35H,5-10H2,1-2H3,(H,30,31,32). The fourth-order valence-electron chi connectivity index (χ4n) is 4.68. The molecular formula is C26H28F3N5O2. The van der Waals surface area contributed by atoms with E-state index in [1.54, 1.807) is 18.2 Å². The number of piperidine rings is 1. The molecule has 0 unspecified atom stereocenters. The van der Waals surface area contributed by atoms with E-state index in [1.165, 1.54) is 12.1 Å². The zero-order valence-electron chi connectivity index (χ0n) is 20.1. The topological polar surface area (TPSA) is 73.8 Å². The number of benzene rings is 2. The van der Waals surface area contributed by atoms with Crippen LogP contribution in [0.25, 0.3) is 11.3 Å². The second kappa shape index (κ2) is 9.85. The smallest absolute Gasteiger partial charge is 0.227 e. The van der Waals surface area contributed by atoms with Gasteiger partial charge in [0.25, 0.3) is 0 Å². The maximum Gasteiger partial charge on any atom is 0.227 e. The van der Waals surface area contributed by atoms with Crippen molar-refractivity contribution in [3.63, 3.8) is 0 Å². The molecule has 0 amide bonds. The number of fused-ring (bicyclic) bond motifs is 1. The molecule has 3 heterocycles. The maximum atomic E-state index is 14.9. The van der Waals surface area contributed by atoms with Crippen LogP contribution in [0.1, 0.15) is 26.7 Å². The Bertz CT molecular complexity index is 1260. The third-order valence-electron chi connectivity index (χ3n) is 6.56. The van der Waals surface area contributed by atoms with E-state index in [0.717, 1.165) is 6.20 Å². The number of rotatable bonds is 5. The number of anilines is 4. The van der Waals surface area contributed by atoms with Crippen LogP contribution in [0.4, 0.5) is 36.2 Å². The monoisotopic (exact) mass is 499 g/mol. The molecular weight excluding hydrogens is 471 g/mol. The van der Waals surface area contributed by atoms with Gasteiger partial charge in [-0.15, -0.1) is 0 Å². The number of ether oxygens (including phenoxy) is 1. The van der Waals surface area contributed by atoms with Crippen molar-refractivity contribution >= 4 is 23.0 Å². The van der Waals surface area contributed by atoms with Gasteiger partial charge in [-0.2, -0.15) is 0 Å². The van der Waals surface area contributed by atoms with Crippen LogP contribution in [0, 0.1) is 17.5 Å². The van der Waals surface area contributed by atoms with Crippen molar-refractivity contribution in [3.05, 3.63) is 54.0 Å². The summed E-state index contributed by atoms with van der Waals surface area (Å²) in [4.78, 5) is 12.1. The number of hydrogen-bond acceptors (Lipinski definition) is 7. The molecule has 1 saturated heterocycles. The molecule has 0 radical (unpaired) electrons. The van der Waals surface area contributed by atoms with Gasteiger partial charge in [0, 0.05) is 30.4 Å². The molecule has 190 valence electrons. The fourth-order valence-corrected chi connectivity index (χ4v) is 4.68. The van der Waals surface area contributed by atoms with Crippen molar-refractivity contribution in [2.45, 2.75) is 38.8 Å². The summed E-state index contributed by atoms with van der Waals surface area (Å²) in [5.41, 5.74) is 1.56. The highest BCUT2D eigenvalue weighted by Gasteiger charge is 2.26. The number of halogens is 3. The lowest BCUT2D eigenvalue weighted by molar-refractivity contribution is 0.145. The molecule has 2 aromatic carbocycles. The normalized spacial score (nSPS) is 16.2. The van der Waals surface area contributed by atoms with Crippen LogP contribution in [0.15, 0.2) is 36.5 Å². The van der Waals surface area contributed by atoms with E-state index in [-0.39, 0.29) is 35.1 Å². The number of aliphatic hydroxyl groups is 1. The van der Waals surface area contributed by atoms with E-state index in [4.69, 9.17) is 4.74 Å². The highest BCUT2D eigenvalue weighted by molar-refractivity contribution is 5.73. The summed E-state index contributed by atoms with van der Waals surface area (Å²) in [6.45, 7) is 6.09. The molecule has 2 aliphatic heterocycles. The van der Waals surface area contributed by atoms with E-state index >= 15 is 0 Å². The first-order chi connectivity index (χ1) is 17.3. The number of aromatic nitrogens is 2. The van der Waals surface area contributed by atoms with Gasteiger partial charge in [0.05, 0.1) is 30.2 Å². The van der Waals surface area contributed by atoms with E-state index in [9.17, 15) is 18.3 Å². The Balaban J connectivity index is 1.41. The third-order valence-corrected chi connectivity index (χ3v) is 6.56. The van der Waals surface area contributed by atoms with E-state index in [0.29, 0.717) is 56.1 Å². The van der Waals surface area contributed by atoms with Gasteiger partial charge in [-0.3, -0.25) is 0 Å². The Labute approximate surface area is 207 Å². The van der Waals surface area contributed by atoms with Crippen LogP contribution in [0.3, 0.4) is 0 Å². The minimum absolute atomic E-state index is 0.0507. The minimum Gasteiger partial charge on any atom is -0.486 e. The van der Waals surface area contributed by atoms with E-state index in [2.05, 4.69) is 15.3 Å². The van der Waals surface area contributed by atoms with Crippen LogP contribution >= 0.6 is 0 Å². The molecule has 0 saturated carbocycles. The molecule has 1 fully saturated rings. The van der Waals surface area contributed by atoms with Gasteiger partial charge in [0.2, 0.25) is 5.95 Å². The number of nitrogens with one attached hydrogen (secondary N) is 1. The van der Waals surface area contributed by atoms with Gasteiger partial charge in [0.15, 0.2) is 17.4 Å². The number of nitrogens with zero attached hydrogens (tertiary/aromatic N) is 4. The maximum absolute atomic E-state index is 14.9. The average Bonchev–Trinajstić information content (AvgIpc) is 2.85. The van der Waals surface area contributed by atoms with Crippen LogP contribution in [0.5, 0.6) is 5.75 Å². The second-order valence-electron chi connectivity index (χ2n) is 9.34. The summed E-state index contributed by atoms with van der Waals surface area (Å²) >= 11 is 0. The van der Waals surface area contributed by atoms with Crippen molar-refractivity contribution in [1.82, 2.24) is 9.97 Å². The first kappa shape index (κ1) is 24.2. The molecule has 2 N–H and O–H groups in total. The van der Waals surface area contributed by atoms with Crippen LogP contribution < -0.4 is 19.9 Å². The molecule has 10 heteroatoms. The predicted molar refractivity (Wildman–Crippen MR) is 132 cm³/mol. The summed E-state index contributed by atoms with van der Waals surface area (Å²) in [7, 11) is 0. The Morgan fingerprint density at radius 2 is 1.78 bits per heavy atom. The Kier molecular flexibility index (Phi) is 6.61. The quantitative estimate of drug-likeness (QED) is 0.519. The Morgan fingerprint density at radius 1 is 1.00 bits per heavy atom. The van der Waals surface area contributed by atoms with Gasteiger partial charge in [-0.05, 0) is 57.0 Å². The average molecular weight is 500 g/mol. The number of aliphatic hydroxyl groups excluding tert-OH is 1. The molecule has 0 spiro atoms. The van der Waals surface area contributed by atoms with Crippen molar-refractivity contribution in [3.8, 4) is 17.0 Å². The lowest BCUT2D eigenvalue weighted by Gasteiger charge is -2.34. The van der Waals surface area contributed by atoms with Crippen LogP contribution in [-0.2, 0) is 0 Å². The minimum atomic E-state index is -0.707. The SMILES string of the molecule is CC(C)N1CCOc2c(F)cc(-c3nc(Nc4ccc(N5CCC(O)CC5)c(F)c4)ncc3F)cc21. The van der Waals surface area contributed by atoms with Crippen LogP contribution in [-0.4, -0.2) is 53.5 Å². The molecule has 0 aliphatic carbocycles. The molecule has 3 aromatic rings. The Hall–Kier alpha value is -3.53. The Morgan fingerprint density at radius 3 is 2.50 bits per heavy atom. The molecule has 0 atom stereocenters. The van der Waals surface area contributed by atoms with Gasteiger partial charge in [-0.1, -0.05) is 0 Å². The zero-order chi connectivity index (χ0) is 25.4. The second-order valence-corrected chi connectivity index (χ2v) is 9.34. The third kappa shape index (κ3) is 4.77. The highest BCUT2D eigenvalue weighted by Crippen LogP contribution is 2.39. The molecule has 7 nitrogen and oxygen atoms in total. The van der Waals surface area contributed by atoms with Gasteiger partial charge < -0.3 is 25.0 Å². The van der Waals surface area contributed by atoms with Crippen molar-refractivity contribution in [2.75, 3.05) is 41.4 Å². The van der Waals surface area contributed by atoms with E-state index < -0.39 is 17.5 Å². The van der Waals surface area contributed by atoms with Crippen molar-refractivity contribution in [2.24, 2.45) is 0 Å². The van der Waals surface area contributed by atoms with Crippen molar-refractivity contribution < 1.29 is 23.0 Å². The molecule has 36 heavy (non-hydrogen) atoms. The van der Waals surface area contributed by atoms with Crippen molar-refractivity contribution in [1.29, 1.82) is 0 Å². The highest BCUT2D eigenvalue weighted by atomic mass is 19.1. The molecule has 1 aromatic heterocycles. The van der Waals surface area contributed by atoms with E-state index in [1.807, 2.05) is 23.6 Å². The zero-order valence-corrected chi connectivity index (χ0v) is 20.1. The lowest BCUT2D eigenvalue weighted by atomic mass is 10.1. The summed E-state index contributed by atoms with van der Waals surface area (Å²) in [6, 6.07) is 7.62. The summed E-state index contributed by atoms with van der Waals surface area (Å²) in [5, 5.41) is 12.6. The summed E-state index contributed by atoms with van der Waals surface area (Å²) in [5.74, 6) is -1.53. The largest absolute Gasteiger partial charge is 0.486 e. The first-order valence-corrected chi connectivity index (χ1v) is 12.1. The van der Waals surface area contributed by atoms with Gasteiger partial charge in [-0.25, -0.2) is 23.1 Å². The lowest BCUT2D eigenvalue weighted by Crippen LogP contribution is -2.38. The summed E-state index contributed by atoms with van der Waals surface area (Å²) < 4.78 is 50.0. The fraction of sp³-hybridized carbons (Fsp3) is 0.385. The predicted octanol–water partition coefficient (Wildman–Crippen LogP) is 4.87. The molecule has 5 rings (SSSR count). The molecule has 0 bridgehead atoms. The van der Waals surface area contributed by atoms with Gasteiger partial charge in [0.1, 0.15) is 18.1 Å². The molecule has 2 aliphatic rings. The summed E-state index contributed by atoms with van der Waals surface area (Å²) in [6.07, 6.45) is 1.84. The first-order valence-electron chi connectivity index (χ1n) is 12.1. The van der Waals surface area contributed by atoms with Gasteiger partial charge >= 0.3 is 0 Å². The van der Waals surface area contributed by atoms with Crippen LogP contribution in [0.2, 0.25) is 0 Å².